The van der Waals surface area contributed by atoms with Gasteiger partial charge in [-0.3, -0.25) is 0 Å². The summed E-state index contributed by atoms with van der Waals surface area (Å²) in [4.78, 5) is 8.64. The minimum atomic E-state index is 0.575. The summed E-state index contributed by atoms with van der Waals surface area (Å²) in [5.41, 5.74) is 1.82. The van der Waals surface area contributed by atoms with Crippen LogP contribution in [0.5, 0.6) is 5.75 Å². The van der Waals surface area contributed by atoms with E-state index in [1.807, 2.05) is 26.0 Å². The van der Waals surface area contributed by atoms with Crippen molar-refractivity contribution in [3.63, 3.8) is 0 Å². The molecule has 0 amide bonds. The van der Waals surface area contributed by atoms with E-state index in [2.05, 4.69) is 20.6 Å². The summed E-state index contributed by atoms with van der Waals surface area (Å²) in [6.07, 6.45) is 1.78. The van der Waals surface area contributed by atoms with E-state index in [1.165, 1.54) is 0 Å². The molecule has 1 heterocycles. The predicted octanol–water partition coefficient (Wildman–Crippen LogP) is 3.62. The SMILES string of the molecule is CCNc1ncc(C)c(Nc2ccc(Cl)c(OC)c2)n1. The van der Waals surface area contributed by atoms with E-state index < -0.39 is 0 Å². The molecule has 0 atom stereocenters. The predicted molar refractivity (Wildman–Crippen MR) is 82.2 cm³/mol. The number of methoxy groups -OCH3 is 1. The van der Waals surface area contributed by atoms with Crippen LogP contribution in [0.1, 0.15) is 12.5 Å². The maximum Gasteiger partial charge on any atom is 0.224 e. The summed E-state index contributed by atoms with van der Waals surface area (Å²) in [6.45, 7) is 4.73. The fraction of sp³-hybridized carbons (Fsp3) is 0.286. The summed E-state index contributed by atoms with van der Waals surface area (Å²) in [6, 6.07) is 5.49. The van der Waals surface area contributed by atoms with Gasteiger partial charge in [-0.1, -0.05) is 11.6 Å². The quantitative estimate of drug-likeness (QED) is 0.881. The molecular weight excluding hydrogens is 276 g/mol. The maximum absolute atomic E-state index is 6.01. The number of nitrogens with one attached hydrogen (secondary N) is 2. The number of hydrogen-bond acceptors (Lipinski definition) is 5. The lowest BCUT2D eigenvalue weighted by atomic mass is 10.2. The van der Waals surface area contributed by atoms with Crippen molar-refractivity contribution in [2.24, 2.45) is 0 Å². The summed E-state index contributed by atoms with van der Waals surface area (Å²) in [5.74, 6) is 1.97. The third kappa shape index (κ3) is 3.30. The zero-order valence-corrected chi connectivity index (χ0v) is 12.5. The lowest BCUT2D eigenvalue weighted by Gasteiger charge is -2.11. The van der Waals surface area contributed by atoms with E-state index in [1.54, 1.807) is 19.4 Å². The van der Waals surface area contributed by atoms with Crippen molar-refractivity contribution in [1.29, 1.82) is 0 Å². The Labute approximate surface area is 123 Å². The Morgan fingerprint density at radius 2 is 2.15 bits per heavy atom. The van der Waals surface area contributed by atoms with Crippen molar-refractivity contribution in [1.82, 2.24) is 9.97 Å². The number of hydrogen-bond donors (Lipinski definition) is 2. The van der Waals surface area contributed by atoms with E-state index in [-0.39, 0.29) is 0 Å². The first-order valence-corrected chi connectivity index (χ1v) is 6.70. The van der Waals surface area contributed by atoms with Crippen LogP contribution in [0.15, 0.2) is 24.4 Å². The molecule has 0 aliphatic carbocycles. The molecule has 2 rings (SSSR count). The molecular formula is C14H17ClN4O. The fourth-order valence-corrected chi connectivity index (χ4v) is 1.88. The van der Waals surface area contributed by atoms with Gasteiger partial charge in [-0.25, -0.2) is 4.98 Å². The average Bonchev–Trinajstić information content (AvgIpc) is 2.45. The van der Waals surface area contributed by atoms with Crippen LogP contribution in [0.2, 0.25) is 5.02 Å². The molecule has 2 N–H and O–H groups in total. The molecule has 6 heteroatoms. The van der Waals surface area contributed by atoms with Gasteiger partial charge in [-0.05, 0) is 26.0 Å². The summed E-state index contributed by atoms with van der Waals surface area (Å²) in [5, 5.41) is 6.90. The molecule has 106 valence electrons. The summed E-state index contributed by atoms with van der Waals surface area (Å²) < 4.78 is 5.20. The molecule has 0 saturated carbocycles. The van der Waals surface area contributed by atoms with Crippen LogP contribution in [0.25, 0.3) is 0 Å². The molecule has 0 radical (unpaired) electrons. The highest BCUT2D eigenvalue weighted by atomic mass is 35.5. The van der Waals surface area contributed by atoms with Gasteiger partial charge in [0.05, 0.1) is 12.1 Å². The van der Waals surface area contributed by atoms with Crippen molar-refractivity contribution in [2.45, 2.75) is 13.8 Å². The van der Waals surface area contributed by atoms with Crippen LogP contribution in [-0.4, -0.2) is 23.6 Å². The van der Waals surface area contributed by atoms with E-state index in [0.29, 0.717) is 16.7 Å². The van der Waals surface area contributed by atoms with Crippen molar-refractivity contribution in [2.75, 3.05) is 24.3 Å². The second-order valence-corrected chi connectivity index (χ2v) is 4.64. The second-order valence-electron chi connectivity index (χ2n) is 4.23. The Morgan fingerprint density at radius 3 is 2.85 bits per heavy atom. The van der Waals surface area contributed by atoms with Gasteiger partial charge < -0.3 is 15.4 Å². The van der Waals surface area contributed by atoms with E-state index in [9.17, 15) is 0 Å². The number of aryl methyl sites for hydroxylation is 1. The Kier molecular flexibility index (Phi) is 4.63. The third-order valence-corrected chi connectivity index (χ3v) is 3.03. The van der Waals surface area contributed by atoms with Crippen LogP contribution in [0.4, 0.5) is 17.5 Å². The van der Waals surface area contributed by atoms with Gasteiger partial charge in [-0.2, -0.15) is 4.98 Å². The van der Waals surface area contributed by atoms with Gasteiger partial charge in [0, 0.05) is 30.1 Å². The molecule has 0 saturated heterocycles. The molecule has 1 aromatic heterocycles. The highest BCUT2D eigenvalue weighted by molar-refractivity contribution is 6.32. The van der Waals surface area contributed by atoms with Gasteiger partial charge in [0.25, 0.3) is 0 Å². The van der Waals surface area contributed by atoms with Crippen LogP contribution in [0, 0.1) is 6.92 Å². The normalized spacial score (nSPS) is 10.2. The first-order chi connectivity index (χ1) is 9.63. The summed E-state index contributed by atoms with van der Waals surface area (Å²) in [7, 11) is 1.59. The zero-order valence-electron chi connectivity index (χ0n) is 11.7. The van der Waals surface area contributed by atoms with Crippen LogP contribution >= 0.6 is 11.6 Å². The van der Waals surface area contributed by atoms with Crippen LogP contribution < -0.4 is 15.4 Å². The highest BCUT2D eigenvalue weighted by Crippen LogP contribution is 2.29. The molecule has 20 heavy (non-hydrogen) atoms. The number of rotatable bonds is 5. The van der Waals surface area contributed by atoms with E-state index in [0.717, 1.165) is 23.6 Å². The van der Waals surface area contributed by atoms with Gasteiger partial charge in [0.1, 0.15) is 11.6 Å². The summed E-state index contributed by atoms with van der Waals surface area (Å²) >= 11 is 6.01. The molecule has 0 aliphatic rings. The third-order valence-electron chi connectivity index (χ3n) is 2.72. The van der Waals surface area contributed by atoms with E-state index in [4.69, 9.17) is 16.3 Å². The lowest BCUT2D eigenvalue weighted by molar-refractivity contribution is 0.415. The Morgan fingerprint density at radius 1 is 1.35 bits per heavy atom. The molecule has 0 bridgehead atoms. The largest absolute Gasteiger partial charge is 0.495 e. The number of anilines is 3. The minimum absolute atomic E-state index is 0.575. The number of aromatic nitrogens is 2. The van der Waals surface area contributed by atoms with Crippen molar-refractivity contribution in [3.8, 4) is 5.75 Å². The number of halogens is 1. The maximum atomic E-state index is 6.01. The van der Waals surface area contributed by atoms with Crippen molar-refractivity contribution < 1.29 is 4.74 Å². The number of ether oxygens (including phenoxy) is 1. The smallest absolute Gasteiger partial charge is 0.224 e. The lowest BCUT2D eigenvalue weighted by Crippen LogP contribution is -2.05. The van der Waals surface area contributed by atoms with Crippen molar-refractivity contribution in [3.05, 3.63) is 35.0 Å². The topological polar surface area (TPSA) is 59.1 Å². The first-order valence-electron chi connectivity index (χ1n) is 6.32. The molecule has 5 nitrogen and oxygen atoms in total. The Hall–Kier alpha value is -2.01. The van der Waals surface area contributed by atoms with Crippen LogP contribution in [0.3, 0.4) is 0 Å². The standard InChI is InChI=1S/C14H17ClN4O/c1-4-16-14-17-8-9(2)13(19-14)18-10-5-6-11(15)12(7-10)20-3/h5-8H,4H2,1-3H3,(H2,16,17,18,19). The molecule has 0 aliphatic heterocycles. The molecule has 0 spiro atoms. The highest BCUT2D eigenvalue weighted by Gasteiger charge is 2.06. The number of nitrogens with zero attached hydrogens (tertiary/aromatic N) is 2. The molecule has 2 aromatic rings. The van der Waals surface area contributed by atoms with E-state index >= 15 is 0 Å². The van der Waals surface area contributed by atoms with Gasteiger partial charge in [0.15, 0.2) is 0 Å². The van der Waals surface area contributed by atoms with Gasteiger partial charge in [-0.15, -0.1) is 0 Å². The second kappa shape index (κ2) is 6.43. The monoisotopic (exact) mass is 292 g/mol. The van der Waals surface area contributed by atoms with Crippen LogP contribution in [-0.2, 0) is 0 Å². The minimum Gasteiger partial charge on any atom is -0.495 e. The Balaban J connectivity index is 2.27. The number of benzene rings is 1. The van der Waals surface area contributed by atoms with Gasteiger partial charge in [0.2, 0.25) is 5.95 Å². The Bertz CT molecular complexity index is 604. The zero-order chi connectivity index (χ0) is 14.5. The average molecular weight is 293 g/mol. The fourth-order valence-electron chi connectivity index (χ4n) is 1.69. The first kappa shape index (κ1) is 14.4. The molecule has 0 fully saturated rings. The van der Waals surface area contributed by atoms with Gasteiger partial charge >= 0.3 is 0 Å². The van der Waals surface area contributed by atoms with Crippen molar-refractivity contribution >= 4 is 29.1 Å². The molecule has 1 aromatic carbocycles. The molecule has 0 unspecified atom stereocenters.